The molecule has 5 heterocycles. The van der Waals surface area contributed by atoms with Gasteiger partial charge in [-0.3, -0.25) is 4.98 Å². The second-order valence-electron chi connectivity index (χ2n) is 7.04. The molecule has 2 aliphatic rings. The summed E-state index contributed by atoms with van der Waals surface area (Å²) in [5.74, 6) is 2.71. The van der Waals surface area contributed by atoms with Crippen LogP contribution in [0, 0.1) is 0 Å². The summed E-state index contributed by atoms with van der Waals surface area (Å²) in [6.07, 6.45) is 6.45. The van der Waals surface area contributed by atoms with Crippen LogP contribution in [0.15, 0.2) is 42.9 Å². The smallest absolute Gasteiger partial charge is 0.226 e. The minimum Gasteiger partial charge on any atom is -0.378 e. The number of hydrogen-bond donors (Lipinski definition) is 0. The van der Waals surface area contributed by atoms with Crippen LogP contribution in [0.4, 0.5) is 17.6 Å². The Balaban J connectivity index is 1.51. The SMILES string of the molecule is c1cnc(N2CCCN(c3nc(N4CCOCC4)cc4ncccc34)C2)nc1. The lowest BCUT2D eigenvalue weighted by atomic mass is 10.2. The maximum atomic E-state index is 5.50. The predicted octanol–water partition coefficient (Wildman–Crippen LogP) is 1.93. The van der Waals surface area contributed by atoms with Gasteiger partial charge in [-0.25, -0.2) is 15.0 Å². The molecule has 8 heteroatoms. The Labute approximate surface area is 163 Å². The van der Waals surface area contributed by atoms with Gasteiger partial charge in [0, 0.05) is 56.2 Å². The van der Waals surface area contributed by atoms with Crippen LogP contribution < -0.4 is 14.7 Å². The van der Waals surface area contributed by atoms with Crippen molar-refractivity contribution in [3.63, 3.8) is 0 Å². The van der Waals surface area contributed by atoms with Crippen LogP contribution in [0.2, 0.25) is 0 Å². The number of anilines is 3. The number of rotatable bonds is 3. The van der Waals surface area contributed by atoms with Crippen molar-refractivity contribution >= 4 is 28.5 Å². The molecular weight excluding hydrogens is 354 g/mol. The quantitative estimate of drug-likeness (QED) is 0.686. The second kappa shape index (κ2) is 7.55. The molecule has 3 aromatic rings. The molecule has 0 atom stereocenters. The first-order chi connectivity index (χ1) is 13.9. The van der Waals surface area contributed by atoms with Crippen LogP contribution in [0.3, 0.4) is 0 Å². The van der Waals surface area contributed by atoms with Crippen LogP contribution in [-0.2, 0) is 4.74 Å². The van der Waals surface area contributed by atoms with E-state index in [1.165, 1.54) is 0 Å². The third-order valence-corrected chi connectivity index (χ3v) is 5.23. The largest absolute Gasteiger partial charge is 0.378 e. The summed E-state index contributed by atoms with van der Waals surface area (Å²) >= 11 is 0. The molecule has 0 unspecified atom stereocenters. The van der Waals surface area contributed by atoms with E-state index in [9.17, 15) is 0 Å². The van der Waals surface area contributed by atoms with E-state index >= 15 is 0 Å². The van der Waals surface area contributed by atoms with Gasteiger partial charge in [0.25, 0.3) is 0 Å². The van der Waals surface area contributed by atoms with Gasteiger partial charge in [-0.2, -0.15) is 0 Å². The average Bonchev–Trinajstić information content (AvgIpc) is 2.79. The highest BCUT2D eigenvalue weighted by atomic mass is 16.5. The third kappa shape index (κ3) is 3.31. The first kappa shape index (κ1) is 17.1. The van der Waals surface area contributed by atoms with E-state index in [1.807, 2.05) is 18.3 Å². The van der Waals surface area contributed by atoms with Gasteiger partial charge in [-0.1, -0.05) is 0 Å². The van der Waals surface area contributed by atoms with Crippen molar-refractivity contribution in [1.82, 2.24) is 19.9 Å². The molecule has 28 heavy (non-hydrogen) atoms. The number of fused-ring (bicyclic) bond motifs is 1. The molecular formula is C20H23N7O. The molecule has 0 bridgehead atoms. The fraction of sp³-hybridized carbons (Fsp3) is 0.400. The Morgan fingerprint density at radius 2 is 1.61 bits per heavy atom. The number of hydrogen-bond acceptors (Lipinski definition) is 8. The second-order valence-corrected chi connectivity index (χ2v) is 7.04. The summed E-state index contributed by atoms with van der Waals surface area (Å²) < 4.78 is 5.50. The van der Waals surface area contributed by atoms with Crippen LogP contribution in [0.1, 0.15) is 6.42 Å². The Morgan fingerprint density at radius 3 is 2.46 bits per heavy atom. The monoisotopic (exact) mass is 377 g/mol. The van der Waals surface area contributed by atoms with Gasteiger partial charge in [-0.05, 0) is 24.6 Å². The number of pyridine rings is 2. The van der Waals surface area contributed by atoms with Crippen LogP contribution in [0.5, 0.6) is 0 Å². The molecule has 144 valence electrons. The summed E-state index contributed by atoms with van der Waals surface area (Å²) in [6.45, 7) is 5.80. The summed E-state index contributed by atoms with van der Waals surface area (Å²) in [5.41, 5.74) is 0.974. The van der Waals surface area contributed by atoms with Gasteiger partial charge in [0.1, 0.15) is 11.6 Å². The maximum Gasteiger partial charge on any atom is 0.226 e. The van der Waals surface area contributed by atoms with E-state index < -0.39 is 0 Å². The maximum absolute atomic E-state index is 5.50. The number of morpholine rings is 1. The number of nitrogens with zero attached hydrogens (tertiary/aromatic N) is 7. The molecule has 2 saturated heterocycles. The fourth-order valence-corrected chi connectivity index (χ4v) is 3.83. The lowest BCUT2D eigenvalue weighted by molar-refractivity contribution is 0.122. The minimum absolute atomic E-state index is 0.716. The molecule has 2 aliphatic heterocycles. The lowest BCUT2D eigenvalue weighted by Crippen LogP contribution is -2.46. The van der Waals surface area contributed by atoms with Crippen LogP contribution in [-0.4, -0.2) is 66.0 Å². The van der Waals surface area contributed by atoms with Crippen molar-refractivity contribution < 1.29 is 4.74 Å². The topological polar surface area (TPSA) is 70.5 Å². The minimum atomic E-state index is 0.716. The Kier molecular flexibility index (Phi) is 4.62. The number of ether oxygens (including phenoxy) is 1. The van der Waals surface area contributed by atoms with Crippen molar-refractivity contribution in [1.29, 1.82) is 0 Å². The van der Waals surface area contributed by atoms with Crippen LogP contribution in [0.25, 0.3) is 10.9 Å². The van der Waals surface area contributed by atoms with Crippen molar-refractivity contribution in [3.05, 3.63) is 42.9 Å². The standard InChI is InChI=1S/C20H23N7O/c1-4-16-17(21-5-1)14-18(25-10-12-28-13-11-25)24-19(16)26-8-3-9-27(15-26)20-22-6-2-7-23-20/h1-2,4-7,14H,3,8-13,15H2. The van der Waals surface area contributed by atoms with E-state index in [0.29, 0.717) is 6.67 Å². The molecule has 0 aliphatic carbocycles. The van der Waals surface area contributed by atoms with Gasteiger partial charge in [0.05, 0.1) is 25.4 Å². The van der Waals surface area contributed by atoms with E-state index in [2.05, 4.69) is 41.8 Å². The summed E-state index contributed by atoms with van der Waals surface area (Å²) in [4.78, 5) is 25.3. The normalized spacial score (nSPS) is 17.9. The predicted molar refractivity (Wildman–Crippen MR) is 109 cm³/mol. The van der Waals surface area contributed by atoms with Crippen molar-refractivity contribution in [3.8, 4) is 0 Å². The summed E-state index contributed by atoms with van der Waals surface area (Å²) in [6, 6.07) is 8.01. The molecule has 8 nitrogen and oxygen atoms in total. The fourth-order valence-electron chi connectivity index (χ4n) is 3.83. The third-order valence-electron chi connectivity index (χ3n) is 5.23. The summed E-state index contributed by atoms with van der Waals surface area (Å²) in [7, 11) is 0. The van der Waals surface area contributed by atoms with Gasteiger partial charge < -0.3 is 19.4 Å². The molecule has 0 radical (unpaired) electrons. The van der Waals surface area contributed by atoms with Gasteiger partial charge in [0.15, 0.2) is 0 Å². The zero-order valence-corrected chi connectivity index (χ0v) is 15.7. The van der Waals surface area contributed by atoms with Gasteiger partial charge in [-0.15, -0.1) is 0 Å². The van der Waals surface area contributed by atoms with Crippen molar-refractivity contribution in [2.75, 3.05) is 60.8 Å². The van der Waals surface area contributed by atoms with E-state index in [0.717, 1.165) is 74.3 Å². The Hall–Kier alpha value is -3.00. The van der Waals surface area contributed by atoms with E-state index in [-0.39, 0.29) is 0 Å². The number of aromatic nitrogens is 4. The summed E-state index contributed by atoms with van der Waals surface area (Å²) in [5, 5.41) is 1.08. The molecule has 0 amide bonds. The molecule has 0 saturated carbocycles. The molecule has 2 fully saturated rings. The molecule has 0 aromatic carbocycles. The van der Waals surface area contributed by atoms with Crippen molar-refractivity contribution in [2.45, 2.75) is 6.42 Å². The highest BCUT2D eigenvalue weighted by molar-refractivity contribution is 5.91. The average molecular weight is 377 g/mol. The first-order valence-electron chi connectivity index (χ1n) is 9.74. The van der Waals surface area contributed by atoms with Crippen LogP contribution >= 0.6 is 0 Å². The highest BCUT2D eigenvalue weighted by Gasteiger charge is 2.24. The molecule has 3 aromatic heterocycles. The Bertz CT molecular complexity index is 946. The molecule has 0 spiro atoms. The zero-order chi connectivity index (χ0) is 18.8. The van der Waals surface area contributed by atoms with Gasteiger partial charge >= 0.3 is 0 Å². The Morgan fingerprint density at radius 1 is 0.821 bits per heavy atom. The highest BCUT2D eigenvalue weighted by Crippen LogP contribution is 2.30. The van der Waals surface area contributed by atoms with E-state index in [4.69, 9.17) is 9.72 Å². The zero-order valence-electron chi connectivity index (χ0n) is 15.7. The molecule has 0 N–H and O–H groups in total. The lowest BCUT2D eigenvalue weighted by Gasteiger charge is -2.37. The molecule has 5 rings (SSSR count). The first-order valence-corrected chi connectivity index (χ1v) is 9.74. The van der Waals surface area contributed by atoms with Crippen molar-refractivity contribution in [2.24, 2.45) is 0 Å². The van der Waals surface area contributed by atoms with E-state index in [1.54, 1.807) is 12.4 Å². The van der Waals surface area contributed by atoms with Gasteiger partial charge in [0.2, 0.25) is 5.95 Å².